The molecule has 0 amide bonds. The van der Waals surface area contributed by atoms with Crippen molar-refractivity contribution in [2.45, 2.75) is 39.7 Å². The molecule has 0 radical (unpaired) electrons. The first-order valence-electron chi connectivity index (χ1n) is 6.53. The molecule has 0 bridgehead atoms. The van der Waals surface area contributed by atoms with Crippen LogP contribution in [-0.2, 0) is 11.3 Å². The summed E-state index contributed by atoms with van der Waals surface area (Å²) in [6, 6.07) is 0. The Bertz CT molecular complexity index is 355. The van der Waals surface area contributed by atoms with E-state index in [-0.39, 0.29) is 6.61 Å². The molecule has 0 saturated carbocycles. The topological polar surface area (TPSA) is 45.6 Å². The van der Waals surface area contributed by atoms with Crippen molar-refractivity contribution in [3.05, 3.63) is 10.6 Å². The Balaban J connectivity index is 2.74. The molecule has 1 heterocycles. The van der Waals surface area contributed by atoms with Crippen molar-refractivity contribution in [3.63, 3.8) is 0 Å². The van der Waals surface area contributed by atoms with Crippen LogP contribution in [0.15, 0.2) is 0 Å². The molecular weight excluding hydrogens is 248 g/mol. The Labute approximate surface area is 114 Å². The van der Waals surface area contributed by atoms with Crippen LogP contribution in [0.2, 0.25) is 0 Å². The lowest BCUT2D eigenvalue weighted by molar-refractivity contribution is 0.154. The average Bonchev–Trinajstić information content (AvgIpc) is 2.82. The van der Waals surface area contributed by atoms with E-state index in [1.807, 2.05) is 14.0 Å². The molecule has 5 heteroatoms. The van der Waals surface area contributed by atoms with Gasteiger partial charge in [-0.15, -0.1) is 0 Å². The van der Waals surface area contributed by atoms with Crippen molar-refractivity contribution in [3.8, 4) is 0 Å². The lowest BCUT2D eigenvalue weighted by Gasteiger charge is -2.15. The van der Waals surface area contributed by atoms with Crippen LogP contribution in [0.5, 0.6) is 0 Å². The molecule has 1 aromatic heterocycles. The van der Waals surface area contributed by atoms with Gasteiger partial charge in [-0.3, -0.25) is 0 Å². The molecule has 0 fully saturated rings. The average molecular weight is 272 g/mol. The van der Waals surface area contributed by atoms with Crippen LogP contribution in [0.1, 0.15) is 43.7 Å². The fourth-order valence-corrected chi connectivity index (χ4v) is 2.67. The summed E-state index contributed by atoms with van der Waals surface area (Å²) in [6.45, 7) is 8.64. The molecular formula is C13H24N2O2S. The standard InChI is InChI=1S/C13H24N2O2S/c1-5-10(3)12-11(9-16)18-13(14-12)15(4)7-8-17-6-2/h10,16H,5-9H2,1-4H3. The lowest BCUT2D eigenvalue weighted by atomic mass is 10.0. The normalized spacial score (nSPS) is 12.7. The zero-order valence-electron chi connectivity index (χ0n) is 11.8. The number of likely N-dealkylation sites (N-methyl/N-ethyl adjacent to an activating group) is 1. The third-order valence-corrected chi connectivity index (χ3v) is 4.21. The first kappa shape index (κ1) is 15.4. The van der Waals surface area contributed by atoms with Crippen LogP contribution in [0.3, 0.4) is 0 Å². The minimum absolute atomic E-state index is 0.0800. The molecule has 1 atom stereocenters. The van der Waals surface area contributed by atoms with E-state index in [1.165, 1.54) is 0 Å². The van der Waals surface area contributed by atoms with Crippen LogP contribution in [-0.4, -0.2) is 36.9 Å². The summed E-state index contributed by atoms with van der Waals surface area (Å²) in [7, 11) is 2.01. The summed E-state index contributed by atoms with van der Waals surface area (Å²) in [5.41, 5.74) is 1.04. The molecule has 0 aromatic carbocycles. The van der Waals surface area contributed by atoms with Crippen LogP contribution in [0.25, 0.3) is 0 Å². The van der Waals surface area contributed by atoms with E-state index in [1.54, 1.807) is 11.3 Å². The van der Waals surface area contributed by atoms with Gasteiger partial charge >= 0.3 is 0 Å². The Morgan fingerprint density at radius 1 is 1.44 bits per heavy atom. The summed E-state index contributed by atoms with van der Waals surface area (Å²) in [5.74, 6) is 0.400. The minimum atomic E-state index is 0.0800. The third kappa shape index (κ3) is 3.93. The zero-order valence-corrected chi connectivity index (χ0v) is 12.6. The number of aliphatic hydroxyl groups is 1. The molecule has 0 aliphatic rings. The number of hydrogen-bond acceptors (Lipinski definition) is 5. The summed E-state index contributed by atoms with van der Waals surface area (Å²) in [4.78, 5) is 7.74. The fraction of sp³-hybridized carbons (Fsp3) is 0.769. The maximum absolute atomic E-state index is 9.40. The van der Waals surface area contributed by atoms with Gasteiger partial charge in [-0.2, -0.15) is 0 Å². The van der Waals surface area contributed by atoms with Gasteiger partial charge in [-0.25, -0.2) is 4.98 Å². The number of ether oxygens (including phenoxy) is 1. The van der Waals surface area contributed by atoms with Gasteiger partial charge in [0, 0.05) is 20.2 Å². The van der Waals surface area contributed by atoms with Crippen LogP contribution >= 0.6 is 11.3 Å². The van der Waals surface area contributed by atoms with E-state index < -0.39 is 0 Å². The molecule has 0 aliphatic carbocycles. The molecule has 1 rings (SSSR count). The Morgan fingerprint density at radius 2 is 2.17 bits per heavy atom. The molecule has 0 saturated heterocycles. The summed E-state index contributed by atoms with van der Waals surface area (Å²) in [6.07, 6.45) is 1.04. The van der Waals surface area contributed by atoms with E-state index >= 15 is 0 Å². The van der Waals surface area contributed by atoms with Gasteiger partial charge < -0.3 is 14.7 Å². The van der Waals surface area contributed by atoms with Crippen molar-refractivity contribution in [1.29, 1.82) is 0 Å². The number of thiazole rings is 1. The lowest BCUT2D eigenvalue weighted by Crippen LogP contribution is -2.22. The highest BCUT2D eigenvalue weighted by molar-refractivity contribution is 7.15. The van der Waals surface area contributed by atoms with Crippen molar-refractivity contribution < 1.29 is 9.84 Å². The van der Waals surface area contributed by atoms with Gasteiger partial charge in [0.2, 0.25) is 0 Å². The van der Waals surface area contributed by atoms with Gasteiger partial charge in [-0.1, -0.05) is 25.2 Å². The zero-order chi connectivity index (χ0) is 13.5. The number of anilines is 1. The summed E-state index contributed by atoms with van der Waals surface area (Å²) < 4.78 is 5.34. The van der Waals surface area contributed by atoms with Crippen LogP contribution in [0.4, 0.5) is 5.13 Å². The minimum Gasteiger partial charge on any atom is -0.391 e. The number of rotatable bonds is 8. The maximum Gasteiger partial charge on any atom is 0.185 e. The van der Waals surface area contributed by atoms with E-state index in [4.69, 9.17) is 4.74 Å². The van der Waals surface area contributed by atoms with Gasteiger partial charge in [0.15, 0.2) is 5.13 Å². The summed E-state index contributed by atoms with van der Waals surface area (Å²) >= 11 is 1.58. The Kier molecular flexibility index (Phi) is 6.60. The van der Waals surface area contributed by atoms with Crippen molar-refractivity contribution >= 4 is 16.5 Å². The monoisotopic (exact) mass is 272 g/mol. The summed E-state index contributed by atoms with van der Waals surface area (Å²) in [5, 5.41) is 10.4. The first-order chi connectivity index (χ1) is 8.63. The maximum atomic E-state index is 9.40. The highest BCUT2D eigenvalue weighted by Crippen LogP contribution is 2.31. The molecule has 1 unspecified atom stereocenters. The largest absolute Gasteiger partial charge is 0.391 e. The second kappa shape index (κ2) is 7.71. The molecule has 1 aromatic rings. The second-order valence-corrected chi connectivity index (χ2v) is 5.45. The molecule has 0 aliphatic heterocycles. The van der Waals surface area contributed by atoms with Crippen LogP contribution < -0.4 is 4.90 Å². The van der Waals surface area contributed by atoms with Gasteiger partial charge in [0.05, 0.1) is 23.8 Å². The molecule has 18 heavy (non-hydrogen) atoms. The predicted octanol–water partition coefficient (Wildman–Crippen LogP) is 2.62. The SMILES string of the molecule is CCOCCN(C)c1nc(C(C)CC)c(CO)s1. The first-order valence-corrected chi connectivity index (χ1v) is 7.34. The van der Waals surface area contributed by atoms with E-state index in [0.717, 1.165) is 35.3 Å². The van der Waals surface area contributed by atoms with E-state index in [0.29, 0.717) is 12.5 Å². The van der Waals surface area contributed by atoms with Crippen molar-refractivity contribution in [2.24, 2.45) is 0 Å². The Morgan fingerprint density at radius 3 is 2.72 bits per heavy atom. The van der Waals surface area contributed by atoms with E-state index in [9.17, 15) is 5.11 Å². The molecule has 0 spiro atoms. The predicted molar refractivity (Wildman–Crippen MR) is 76.5 cm³/mol. The number of hydrogen-bond donors (Lipinski definition) is 1. The second-order valence-electron chi connectivity index (χ2n) is 4.39. The van der Waals surface area contributed by atoms with Crippen molar-refractivity contribution in [2.75, 3.05) is 31.7 Å². The van der Waals surface area contributed by atoms with Crippen molar-refractivity contribution in [1.82, 2.24) is 4.98 Å². The molecule has 1 N–H and O–H groups in total. The highest BCUT2D eigenvalue weighted by atomic mass is 32.1. The number of nitrogens with zero attached hydrogens (tertiary/aromatic N) is 2. The molecule has 104 valence electrons. The van der Waals surface area contributed by atoms with Crippen LogP contribution in [0, 0.1) is 0 Å². The van der Waals surface area contributed by atoms with E-state index in [2.05, 4.69) is 23.7 Å². The quantitative estimate of drug-likeness (QED) is 0.739. The Hall–Kier alpha value is -0.650. The van der Waals surface area contributed by atoms with Gasteiger partial charge in [0.25, 0.3) is 0 Å². The van der Waals surface area contributed by atoms with Gasteiger partial charge in [-0.05, 0) is 19.3 Å². The fourth-order valence-electron chi connectivity index (χ4n) is 1.65. The molecule has 4 nitrogen and oxygen atoms in total. The highest BCUT2D eigenvalue weighted by Gasteiger charge is 2.17. The van der Waals surface area contributed by atoms with Gasteiger partial charge in [0.1, 0.15) is 0 Å². The number of aromatic nitrogens is 1. The third-order valence-electron chi connectivity index (χ3n) is 3.04. The smallest absolute Gasteiger partial charge is 0.185 e. The number of aliphatic hydroxyl groups excluding tert-OH is 1.